The molecule has 2 amide bonds. The van der Waals surface area contributed by atoms with Crippen molar-refractivity contribution in [2.45, 2.75) is 56.7 Å². The molecular weight excluding hydrogens is 244 g/mol. The van der Waals surface area contributed by atoms with Crippen molar-refractivity contribution in [2.75, 3.05) is 19.3 Å². The quantitative estimate of drug-likeness (QED) is 0.836. The predicted molar refractivity (Wildman–Crippen MR) is 78.1 cm³/mol. The molecule has 0 aromatic heterocycles. The van der Waals surface area contributed by atoms with Crippen LogP contribution in [0.5, 0.6) is 0 Å². The maximum Gasteiger partial charge on any atom is 0.317 e. The molecule has 3 unspecified atom stereocenters. The van der Waals surface area contributed by atoms with Crippen LogP contribution in [0.4, 0.5) is 4.79 Å². The molecule has 1 aliphatic heterocycles. The molecule has 0 spiro atoms. The first-order valence-electron chi connectivity index (χ1n) is 7.27. The van der Waals surface area contributed by atoms with E-state index in [9.17, 15) is 4.79 Å². The van der Waals surface area contributed by atoms with E-state index in [1.165, 1.54) is 19.3 Å². The van der Waals surface area contributed by atoms with Crippen LogP contribution in [-0.2, 0) is 0 Å². The van der Waals surface area contributed by atoms with Crippen molar-refractivity contribution < 1.29 is 4.79 Å². The fraction of sp³-hybridized carbons (Fsp3) is 0.929. The predicted octanol–water partition coefficient (Wildman–Crippen LogP) is 3.10. The highest BCUT2D eigenvalue weighted by molar-refractivity contribution is 7.99. The van der Waals surface area contributed by atoms with Gasteiger partial charge in [-0.3, -0.25) is 0 Å². The van der Waals surface area contributed by atoms with Crippen molar-refractivity contribution >= 4 is 17.8 Å². The number of amides is 2. The van der Waals surface area contributed by atoms with Gasteiger partial charge in [-0.2, -0.15) is 11.8 Å². The summed E-state index contributed by atoms with van der Waals surface area (Å²) in [6, 6.07) is 0.578. The van der Waals surface area contributed by atoms with E-state index < -0.39 is 0 Å². The molecule has 4 heteroatoms. The van der Waals surface area contributed by atoms with Gasteiger partial charge in [0.25, 0.3) is 0 Å². The number of thioether (sulfide) groups is 1. The van der Waals surface area contributed by atoms with Crippen LogP contribution in [0.3, 0.4) is 0 Å². The minimum atomic E-state index is 0.174. The lowest BCUT2D eigenvalue weighted by Crippen LogP contribution is -2.49. The fourth-order valence-electron chi connectivity index (χ4n) is 3.13. The van der Waals surface area contributed by atoms with Gasteiger partial charge in [0.1, 0.15) is 0 Å². The van der Waals surface area contributed by atoms with Gasteiger partial charge in [0.15, 0.2) is 0 Å². The molecule has 1 saturated carbocycles. The maximum absolute atomic E-state index is 12.2. The van der Waals surface area contributed by atoms with E-state index in [1.807, 2.05) is 16.7 Å². The number of nitrogens with one attached hydrogen (secondary N) is 1. The molecule has 2 rings (SSSR count). The average Bonchev–Trinajstić information content (AvgIpc) is 2.39. The second kappa shape index (κ2) is 6.69. The average molecular weight is 270 g/mol. The Bertz CT molecular complexity index is 285. The molecule has 2 aliphatic rings. The highest BCUT2D eigenvalue weighted by Gasteiger charge is 2.26. The molecule has 0 aromatic carbocycles. The Morgan fingerprint density at radius 1 is 1.28 bits per heavy atom. The summed E-state index contributed by atoms with van der Waals surface area (Å²) >= 11 is 1.95. The van der Waals surface area contributed by atoms with Crippen molar-refractivity contribution in [2.24, 2.45) is 5.92 Å². The van der Waals surface area contributed by atoms with E-state index in [1.54, 1.807) is 0 Å². The zero-order valence-electron chi connectivity index (χ0n) is 11.7. The SMILES string of the molecule is CSC1CCCC(NC(=O)N2CCCC(C)C2)C1. The summed E-state index contributed by atoms with van der Waals surface area (Å²) in [5.41, 5.74) is 0. The van der Waals surface area contributed by atoms with Crippen LogP contribution < -0.4 is 5.32 Å². The van der Waals surface area contributed by atoms with Crippen LogP contribution in [0.1, 0.15) is 45.4 Å². The lowest BCUT2D eigenvalue weighted by molar-refractivity contribution is 0.164. The van der Waals surface area contributed by atoms with Crippen LogP contribution in [0.25, 0.3) is 0 Å². The first kappa shape index (κ1) is 14.0. The Labute approximate surface area is 115 Å². The molecule has 1 saturated heterocycles. The molecule has 0 aromatic rings. The number of hydrogen-bond acceptors (Lipinski definition) is 2. The number of carbonyl (C=O) groups is 1. The van der Waals surface area contributed by atoms with Gasteiger partial charge in [-0.05, 0) is 44.3 Å². The second-order valence-corrected chi connectivity index (χ2v) is 7.00. The van der Waals surface area contributed by atoms with Crippen molar-refractivity contribution in [3.8, 4) is 0 Å². The molecule has 3 nitrogen and oxygen atoms in total. The van der Waals surface area contributed by atoms with Crippen molar-refractivity contribution in [3.05, 3.63) is 0 Å². The van der Waals surface area contributed by atoms with E-state index in [4.69, 9.17) is 0 Å². The van der Waals surface area contributed by atoms with Gasteiger partial charge in [0, 0.05) is 24.4 Å². The highest BCUT2D eigenvalue weighted by Crippen LogP contribution is 2.27. The Kier molecular flexibility index (Phi) is 5.22. The molecule has 104 valence electrons. The van der Waals surface area contributed by atoms with Crippen LogP contribution in [0, 0.1) is 5.92 Å². The van der Waals surface area contributed by atoms with E-state index in [0.717, 1.165) is 37.6 Å². The lowest BCUT2D eigenvalue weighted by Gasteiger charge is -2.34. The zero-order valence-corrected chi connectivity index (χ0v) is 12.5. The summed E-state index contributed by atoms with van der Waals surface area (Å²) in [7, 11) is 0. The smallest absolute Gasteiger partial charge is 0.317 e. The number of nitrogens with zero attached hydrogens (tertiary/aromatic N) is 1. The number of rotatable bonds is 2. The van der Waals surface area contributed by atoms with Crippen LogP contribution in [-0.4, -0.2) is 41.6 Å². The molecule has 3 atom stereocenters. The third-order valence-corrected chi connectivity index (χ3v) is 5.33. The first-order valence-corrected chi connectivity index (χ1v) is 8.56. The number of hydrogen-bond donors (Lipinski definition) is 1. The molecular formula is C14H26N2OS. The van der Waals surface area contributed by atoms with E-state index in [-0.39, 0.29) is 6.03 Å². The monoisotopic (exact) mass is 270 g/mol. The summed E-state index contributed by atoms with van der Waals surface area (Å²) < 4.78 is 0. The topological polar surface area (TPSA) is 32.3 Å². The summed E-state index contributed by atoms with van der Waals surface area (Å²) in [6.07, 6.45) is 9.49. The molecule has 18 heavy (non-hydrogen) atoms. The normalized spacial score (nSPS) is 33.2. The summed E-state index contributed by atoms with van der Waals surface area (Å²) in [5.74, 6) is 0.662. The van der Waals surface area contributed by atoms with Crippen molar-refractivity contribution in [1.29, 1.82) is 0 Å². The van der Waals surface area contributed by atoms with E-state index in [2.05, 4.69) is 18.5 Å². The number of piperidine rings is 1. The molecule has 0 radical (unpaired) electrons. The minimum Gasteiger partial charge on any atom is -0.335 e. The van der Waals surface area contributed by atoms with E-state index >= 15 is 0 Å². The number of urea groups is 1. The van der Waals surface area contributed by atoms with Crippen LogP contribution in [0.2, 0.25) is 0 Å². The summed E-state index contributed by atoms with van der Waals surface area (Å²) in [4.78, 5) is 14.2. The van der Waals surface area contributed by atoms with Crippen LogP contribution in [0.15, 0.2) is 0 Å². The minimum absolute atomic E-state index is 0.174. The van der Waals surface area contributed by atoms with E-state index in [0.29, 0.717) is 12.0 Å². The number of likely N-dealkylation sites (tertiary alicyclic amines) is 1. The van der Waals surface area contributed by atoms with Gasteiger partial charge in [-0.25, -0.2) is 4.79 Å². The first-order chi connectivity index (χ1) is 8.69. The molecule has 1 N–H and O–H groups in total. The van der Waals surface area contributed by atoms with Crippen molar-refractivity contribution in [3.63, 3.8) is 0 Å². The fourth-order valence-corrected chi connectivity index (χ4v) is 3.96. The van der Waals surface area contributed by atoms with Crippen LogP contribution >= 0.6 is 11.8 Å². The van der Waals surface area contributed by atoms with Crippen molar-refractivity contribution in [1.82, 2.24) is 10.2 Å². The van der Waals surface area contributed by atoms with Gasteiger partial charge in [0.2, 0.25) is 0 Å². The summed E-state index contributed by atoms with van der Waals surface area (Å²) in [6.45, 7) is 4.11. The maximum atomic E-state index is 12.2. The number of carbonyl (C=O) groups excluding carboxylic acids is 1. The summed E-state index contributed by atoms with van der Waals surface area (Å²) in [5, 5.41) is 3.99. The Morgan fingerprint density at radius 3 is 2.83 bits per heavy atom. The standard InChI is InChI=1S/C14H26N2OS/c1-11-5-4-8-16(10-11)14(17)15-12-6-3-7-13(9-12)18-2/h11-13H,3-10H2,1-2H3,(H,15,17). The zero-order chi connectivity index (χ0) is 13.0. The molecule has 1 heterocycles. The lowest BCUT2D eigenvalue weighted by atomic mass is 9.95. The third kappa shape index (κ3) is 3.81. The Morgan fingerprint density at radius 2 is 2.11 bits per heavy atom. The van der Waals surface area contributed by atoms with Gasteiger partial charge in [-0.1, -0.05) is 13.3 Å². The Hall–Kier alpha value is -0.380. The van der Waals surface area contributed by atoms with Gasteiger partial charge in [0.05, 0.1) is 0 Å². The second-order valence-electron chi connectivity index (χ2n) is 5.86. The molecule has 0 bridgehead atoms. The van der Waals surface area contributed by atoms with Gasteiger partial charge >= 0.3 is 6.03 Å². The molecule has 2 fully saturated rings. The third-order valence-electron chi connectivity index (χ3n) is 4.23. The Balaban J connectivity index is 1.79. The van der Waals surface area contributed by atoms with Gasteiger partial charge in [-0.15, -0.1) is 0 Å². The largest absolute Gasteiger partial charge is 0.335 e. The highest BCUT2D eigenvalue weighted by atomic mass is 32.2. The molecule has 1 aliphatic carbocycles. The van der Waals surface area contributed by atoms with Gasteiger partial charge < -0.3 is 10.2 Å².